The number of carbonyl (C=O) groups is 1. The number of amides is 1. The summed E-state index contributed by atoms with van der Waals surface area (Å²) < 4.78 is 0. The Bertz CT molecular complexity index is 522. The fourth-order valence-electron chi connectivity index (χ4n) is 1.79. The molecule has 0 spiro atoms. The lowest BCUT2D eigenvalue weighted by molar-refractivity contribution is -0.117. The molecule has 0 aliphatic carbocycles. The molecule has 2 aromatic rings. The van der Waals surface area contributed by atoms with E-state index in [-0.39, 0.29) is 12.5 Å². The third kappa shape index (κ3) is 2.97. The number of carbonyl (C=O) groups excluding carboxylic acids is 1. The van der Waals surface area contributed by atoms with E-state index in [1.165, 1.54) is 0 Å². The van der Waals surface area contributed by atoms with Crippen LogP contribution in [0.25, 0.3) is 0 Å². The Morgan fingerprint density at radius 1 is 1.33 bits per heavy atom. The molecule has 18 heavy (non-hydrogen) atoms. The maximum Gasteiger partial charge on any atom is 0.241 e. The molecule has 1 aromatic carbocycles. The van der Waals surface area contributed by atoms with Crippen LogP contribution in [-0.2, 0) is 11.3 Å². The molecule has 0 aliphatic rings. The molecule has 0 fully saturated rings. The van der Waals surface area contributed by atoms with Gasteiger partial charge in [-0.25, -0.2) is 0 Å². The Morgan fingerprint density at radius 2 is 2.17 bits per heavy atom. The minimum absolute atomic E-state index is 0.0271. The lowest BCUT2D eigenvalue weighted by Gasteiger charge is -2.22. The van der Waals surface area contributed by atoms with Gasteiger partial charge in [-0.3, -0.25) is 4.79 Å². The van der Waals surface area contributed by atoms with Crippen molar-refractivity contribution < 1.29 is 4.79 Å². The molecule has 0 aliphatic heterocycles. The number of hydrogen-bond donors (Lipinski definition) is 1. The highest BCUT2D eigenvalue weighted by molar-refractivity contribution is 7.09. The van der Waals surface area contributed by atoms with Gasteiger partial charge in [0.1, 0.15) is 0 Å². The SMILES string of the molecule is Cc1cccc(N(Cc2cccs2)C(=O)CN)c1. The van der Waals surface area contributed by atoms with Gasteiger partial charge >= 0.3 is 0 Å². The summed E-state index contributed by atoms with van der Waals surface area (Å²) in [4.78, 5) is 14.8. The maximum atomic E-state index is 12.0. The third-order valence-electron chi connectivity index (χ3n) is 2.68. The molecule has 0 saturated heterocycles. The molecular weight excluding hydrogens is 244 g/mol. The van der Waals surface area contributed by atoms with E-state index >= 15 is 0 Å². The predicted octanol–water partition coefficient (Wildman–Crippen LogP) is 2.55. The number of rotatable bonds is 4. The van der Waals surface area contributed by atoms with Crippen LogP contribution in [0.1, 0.15) is 10.4 Å². The van der Waals surface area contributed by atoms with Gasteiger partial charge in [0.2, 0.25) is 5.91 Å². The highest BCUT2D eigenvalue weighted by Crippen LogP contribution is 2.20. The topological polar surface area (TPSA) is 46.3 Å². The van der Waals surface area contributed by atoms with Crippen LogP contribution in [0.15, 0.2) is 41.8 Å². The van der Waals surface area contributed by atoms with Crippen molar-refractivity contribution in [1.29, 1.82) is 0 Å². The molecule has 1 heterocycles. The molecule has 0 saturated carbocycles. The van der Waals surface area contributed by atoms with Gasteiger partial charge in [0.05, 0.1) is 13.1 Å². The largest absolute Gasteiger partial charge is 0.322 e. The van der Waals surface area contributed by atoms with Crippen molar-refractivity contribution in [3.05, 3.63) is 52.2 Å². The van der Waals surface area contributed by atoms with Crippen LogP contribution < -0.4 is 10.6 Å². The third-order valence-corrected chi connectivity index (χ3v) is 3.54. The molecular formula is C14H16N2OS. The van der Waals surface area contributed by atoms with Gasteiger partial charge in [0.25, 0.3) is 0 Å². The Balaban J connectivity index is 2.28. The van der Waals surface area contributed by atoms with Crippen LogP contribution in [0.3, 0.4) is 0 Å². The van der Waals surface area contributed by atoms with Crippen LogP contribution in [-0.4, -0.2) is 12.5 Å². The summed E-state index contributed by atoms with van der Waals surface area (Å²) in [6, 6.07) is 11.9. The Labute approximate surface area is 111 Å². The summed E-state index contributed by atoms with van der Waals surface area (Å²) in [5.74, 6) is -0.0611. The second kappa shape index (κ2) is 5.80. The molecule has 0 bridgehead atoms. The standard InChI is InChI=1S/C14H16N2OS/c1-11-4-2-5-12(8-11)16(14(17)9-15)10-13-6-3-7-18-13/h2-8H,9-10,15H2,1H3. The number of nitrogens with two attached hydrogens (primary N) is 1. The monoisotopic (exact) mass is 260 g/mol. The highest BCUT2D eigenvalue weighted by atomic mass is 32.1. The van der Waals surface area contributed by atoms with Crippen molar-refractivity contribution in [2.75, 3.05) is 11.4 Å². The zero-order valence-corrected chi connectivity index (χ0v) is 11.1. The lowest BCUT2D eigenvalue weighted by atomic mass is 10.2. The molecule has 94 valence electrons. The first kappa shape index (κ1) is 12.8. The molecule has 0 radical (unpaired) electrons. The van der Waals surface area contributed by atoms with E-state index in [1.54, 1.807) is 16.2 Å². The van der Waals surface area contributed by atoms with Crippen molar-refractivity contribution in [2.45, 2.75) is 13.5 Å². The van der Waals surface area contributed by atoms with Crippen LogP contribution >= 0.6 is 11.3 Å². The van der Waals surface area contributed by atoms with Crippen molar-refractivity contribution in [2.24, 2.45) is 5.73 Å². The first-order valence-electron chi connectivity index (χ1n) is 5.80. The fraction of sp³-hybridized carbons (Fsp3) is 0.214. The summed E-state index contributed by atoms with van der Waals surface area (Å²) in [5, 5.41) is 2.01. The Kier molecular flexibility index (Phi) is 4.12. The van der Waals surface area contributed by atoms with Gasteiger partial charge in [-0.2, -0.15) is 0 Å². The average molecular weight is 260 g/mol. The zero-order valence-electron chi connectivity index (χ0n) is 10.3. The first-order chi connectivity index (χ1) is 8.70. The van der Waals surface area contributed by atoms with Crippen molar-refractivity contribution in [3.63, 3.8) is 0 Å². The number of anilines is 1. The van der Waals surface area contributed by atoms with Gasteiger partial charge in [0, 0.05) is 10.6 Å². The smallest absolute Gasteiger partial charge is 0.241 e. The molecule has 0 unspecified atom stereocenters. The van der Waals surface area contributed by atoms with Crippen molar-refractivity contribution in [3.8, 4) is 0 Å². The summed E-state index contributed by atoms with van der Waals surface area (Å²) in [5.41, 5.74) is 7.52. The van der Waals surface area contributed by atoms with Crippen LogP contribution in [0.5, 0.6) is 0 Å². The number of hydrogen-bond acceptors (Lipinski definition) is 3. The minimum Gasteiger partial charge on any atom is -0.322 e. The predicted molar refractivity (Wildman–Crippen MR) is 75.7 cm³/mol. The normalized spacial score (nSPS) is 10.3. The quantitative estimate of drug-likeness (QED) is 0.918. The van der Waals surface area contributed by atoms with E-state index in [0.717, 1.165) is 16.1 Å². The van der Waals surface area contributed by atoms with E-state index in [0.29, 0.717) is 6.54 Å². The van der Waals surface area contributed by atoms with E-state index in [9.17, 15) is 4.79 Å². The molecule has 3 nitrogen and oxygen atoms in total. The van der Waals surface area contributed by atoms with Crippen LogP contribution in [0, 0.1) is 6.92 Å². The lowest BCUT2D eigenvalue weighted by Crippen LogP contribution is -2.35. The number of thiophene rings is 1. The van der Waals surface area contributed by atoms with Gasteiger partial charge in [0.15, 0.2) is 0 Å². The summed E-state index contributed by atoms with van der Waals surface area (Å²) >= 11 is 1.64. The van der Waals surface area contributed by atoms with Gasteiger partial charge < -0.3 is 10.6 Å². The van der Waals surface area contributed by atoms with Crippen LogP contribution in [0.4, 0.5) is 5.69 Å². The highest BCUT2D eigenvalue weighted by Gasteiger charge is 2.15. The Morgan fingerprint density at radius 3 is 2.78 bits per heavy atom. The van der Waals surface area contributed by atoms with E-state index < -0.39 is 0 Å². The fourth-order valence-corrected chi connectivity index (χ4v) is 2.48. The maximum absolute atomic E-state index is 12.0. The van der Waals surface area contributed by atoms with E-state index in [2.05, 4.69) is 0 Å². The van der Waals surface area contributed by atoms with Gasteiger partial charge in [-0.05, 0) is 36.1 Å². The minimum atomic E-state index is -0.0611. The summed E-state index contributed by atoms with van der Waals surface area (Å²) in [7, 11) is 0. The second-order valence-corrected chi connectivity index (χ2v) is 5.13. The second-order valence-electron chi connectivity index (χ2n) is 4.10. The molecule has 4 heteroatoms. The van der Waals surface area contributed by atoms with Gasteiger partial charge in [-0.15, -0.1) is 11.3 Å². The van der Waals surface area contributed by atoms with Crippen LogP contribution in [0.2, 0.25) is 0 Å². The molecule has 1 amide bonds. The van der Waals surface area contributed by atoms with Crippen molar-refractivity contribution in [1.82, 2.24) is 0 Å². The van der Waals surface area contributed by atoms with Crippen molar-refractivity contribution >= 4 is 22.9 Å². The molecule has 1 aromatic heterocycles. The number of benzene rings is 1. The summed E-state index contributed by atoms with van der Waals surface area (Å²) in [6.45, 7) is 2.62. The molecule has 2 N–H and O–H groups in total. The zero-order chi connectivity index (χ0) is 13.0. The van der Waals surface area contributed by atoms with E-state index in [1.807, 2.05) is 48.7 Å². The number of aryl methyl sites for hydroxylation is 1. The average Bonchev–Trinajstić information content (AvgIpc) is 2.88. The Hall–Kier alpha value is -1.65. The van der Waals surface area contributed by atoms with Gasteiger partial charge in [-0.1, -0.05) is 18.2 Å². The number of nitrogens with zero attached hydrogens (tertiary/aromatic N) is 1. The first-order valence-corrected chi connectivity index (χ1v) is 6.68. The molecule has 0 atom stereocenters. The van der Waals surface area contributed by atoms with E-state index in [4.69, 9.17) is 5.73 Å². The summed E-state index contributed by atoms with van der Waals surface area (Å²) in [6.07, 6.45) is 0. The molecule has 2 rings (SSSR count).